The summed E-state index contributed by atoms with van der Waals surface area (Å²) in [5.74, 6) is 0. The lowest BCUT2D eigenvalue weighted by atomic mass is 10.2. The maximum Gasteiger partial charge on any atom is 0.0364 e. The first-order valence-corrected chi connectivity index (χ1v) is 5.91. The van der Waals surface area contributed by atoms with Crippen molar-refractivity contribution >= 4 is 5.69 Å². The summed E-state index contributed by atoms with van der Waals surface area (Å²) < 4.78 is 0. The summed E-state index contributed by atoms with van der Waals surface area (Å²) in [6.07, 6.45) is 0. The second-order valence-corrected chi connectivity index (χ2v) is 4.09. The monoisotopic (exact) mass is 221 g/mol. The van der Waals surface area contributed by atoms with Gasteiger partial charge in [-0.1, -0.05) is 19.1 Å². The molecule has 0 saturated carbocycles. The number of nitrogens with one attached hydrogen (secondary N) is 2. The zero-order valence-electron chi connectivity index (χ0n) is 10.6. The third-order valence-electron chi connectivity index (χ3n) is 2.48. The molecule has 0 aliphatic rings. The predicted molar refractivity (Wildman–Crippen MR) is 71.0 cm³/mol. The van der Waals surface area contributed by atoms with Gasteiger partial charge in [0.25, 0.3) is 0 Å². The Morgan fingerprint density at radius 1 is 1.12 bits per heavy atom. The third-order valence-corrected chi connectivity index (χ3v) is 2.48. The summed E-state index contributed by atoms with van der Waals surface area (Å²) in [6.45, 7) is 6.15. The number of nitrogens with zero attached hydrogens (tertiary/aromatic N) is 1. The summed E-state index contributed by atoms with van der Waals surface area (Å²) in [5.41, 5.74) is 2.59. The molecular formula is C13H23N3. The Balaban J connectivity index is 2.33. The van der Waals surface area contributed by atoms with Crippen LogP contribution in [-0.4, -0.2) is 33.7 Å². The van der Waals surface area contributed by atoms with Crippen LogP contribution in [0, 0.1) is 0 Å². The lowest BCUT2D eigenvalue weighted by molar-refractivity contribution is 0.625. The van der Waals surface area contributed by atoms with Crippen LogP contribution < -0.4 is 15.5 Å². The van der Waals surface area contributed by atoms with Crippen LogP contribution in [0.15, 0.2) is 24.3 Å². The van der Waals surface area contributed by atoms with Crippen LogP contribution in [0.3, 0.4) is 0 Å². The maximum atomic E-state index is 3.42. The molecule has 3 nitrogen and oxygen atoms in total. The molecule has 1 aromatic carbocycles. The molecule has 0 unspecified atom stereocenters. The lowest BCUT2D eigenvalue weighted by Crippen LogP contribution is -2.26. The largest absolute Gasteiger partial charge is 0.378 e. The van der Waals surface area contributed by atoms with E-state index < -0.39 is 0 Å². The SMILES string of the molecule is CCNCCNCc1cccc(N(C)C)c1. The van der Waals surface area contributed by atoms with Gasteiger partial charge in [-0.25, -0.2) is 0 Å². The van der Waals surface area contributed by atoms with Crippen molar-refractivity contribution in [1.82, 2.24) is 10.6 Å². The zero-order valence-corrected chi connectivity index (χ0v) is 10.6. The van der Waals surface area contributed by atoms with Crippen LogP contribution in [-0.2, 0) is 6.54 Å². The Morgan fingerprint density at radius 3 is 2.56 bits per heavy atom. The van der Waals surface area contributed by atoms with Crippen molar-refractivity contribution in [2.24, 2.45) is 0 Å². The number of anilines is 1. The Hall–Kier alpha value is -1.06. The van der Waals surface area contributed by atoms with Gasteiger partial charge in [0.15, 0.2) is 0 Å². The molecule has 0 aromatic heterocycles. The number of hydrogen-bond donors (Lipinski definition) is 2. The van der Waals surface area contributed by atoms with E-state index in [1.165, 1.54) is 11.3 Å². The zero-order chi connectivity index (χ0) is 11.8. The van der Waals surface area contributed by atoms with Gasteiger partial charge in [-0.3, -0.25) is 0 Å². The first kappa shape index (κ1) is 13.0. The van der Waals surface area contributed by atoms with E-state index in [2.05, 4.69) is 60.8 Å². The summed E-state index contributed by atoms with van der Waals surface area (Å²) in [5, 5.41) is 6.72. The highest BCUT2D eigenvalue weighted by Gasteiger charge is 1.97. The second-order valence-electron chi connectivity index (χ2n) is 4.09. The first-order chi connectivity index (χ1) is 7.74. The number of hydrogen-bond acceptors (Lipinski definition) is 3. The van der Waals surface area contributed by atoms with E-state index in [0.717, 1.165) is 26.2 Å². The van der Waals surface area contributed by atoms with Gasteiger partial charge in [0.2, 0.25) is 0 Å². The summed E-state index contributed by atoms with van der Waals surface area (Å²) in [6, 6.07) is 8.62. The molecule has 16 heavy (non-hydrogen) atoms. The molecule has 0 heterocycles. The van der Waals surface area contributed by atoms with Crippen molar-refractivity contribution < 1.29 is 0 Å². The fourth-order valence-electron chi connectivity index (χ4n) is 1.53. The molecule has 1 rings (SSSR count). The molecule has 0 fully saturated rings. The van der Waals surface area contributed by atoms with E-state index in [-0.39, 0.29) is 0 Å². The summed E-state index contributed by atoms with van der Waals surface area (Å²) >= 11 is 0. The molecule has 0 aliphatic heterocycles. The van der Waals surface area contributed by atoms with Gasteiger partial charge in [0.1, 0.15) is 0 Å². The van der Waals surface area contributed by atoms with E-state index in [1.807, 2.05) is 0 Å². The average Bonchev–Trinajstić information content (AvgIpc) is 2.29. The molecule has 1 aromatic rings. The van der Waals surface area contributed by atoms with Crippen LogP contribution in [0.5, 0.6) is 0 Å². The number of rotatable bonds is 7. The lowest BCUT2D eigenvalue weighted by Gasteiger charge is -2.13. The molecule has 0 aliphatic carbocycles. The highest BCUT2D eigenvalue weighted by Crippen LogP contribution is 2.12. The van der Waals surface area contributed by atoms with Gasteiger partial charge < -0.3 is 15.5 Å². The molecule has 0 amide bonds. The van der Waals surface area contributed by atoms with Gasteiger partial charge in [-0.2, -0.15) is 0 Å². The Kier molecular flexibility index (Phi) is 5.90. The smallest absolute Gasteiger partial charge is 0.0364 e. The Bertz CT molecular complexity index is 297. The fraction of sp³-hybridized carbons (Fsp3) is 0.538. The molecule has 0 spiro atoms. The van der Waals surface area contributed by atoms with E-state index in [9.17, 15) is 0 Å². The molecule has 0 bridgehead atoms. The number of likely N-dealkylation sites (N-methyl/N-ethyl adjacent to an activating group) is 1. The maximum absolute atomic E-state index is 3.42. The molecular weight excluding hydrogens is 198 g/mol. The Morgan fingerprint density at radius 2 is 1.88 bits per heavy atom. The normalized spacial score (nSPS) is 10.4. The molecule has 0 atom stereocenters. The van der Waals surface area contributed by atoms with Gasteiger partial charge in [-0.05, 0) is 24.2 Å². The number of benzene rings is 1. The van der Waals surface area contributed by atoms with Crippen molar-refractivity contribution in [3.05, 3.63) is 29.8 Å². The van der Waals surface area contributed by atoms with Gasteiger partial charge in [0.05, 0.1) is 0 Å². The van der Waals surface area contributed by atoms with Crippen molar-refractivity contribution in [2.45, 2.75) is 13.5 Å². The highest BCUT2D eigenvalue weighted by molar-refractivity contribution is 5.47. The van der Waals surface area contributed by atoms with Crippen molar-refractivity contribution in [3.63, 3.8) is 0 Å². The fourth-order valence-corrected chi connectivity index (χ4v) is 1.53. The predicted octanol–water partition coefficient (Wildman–Crippen LogP) is 1.45. The molecule has 0 saturated heterocycles. The van der Waals surface area contributed by atoms with E-state index in [4.69, 9.17) is 0 Å². The minimum atomic E-state index is 0.938. The summed E-state index contributed by atoms with van der Waals surface area (Å²) in [4.78, 5) is 2.13. The van der Waals surface area contributed by atoms with Crippen LogP contribution in [0.2, 0.25) is 0 Å². The van der Waals surface area contributed by atoms with Crippen LogP contribution >= 0.6 is 0 Å². The van der Waals surface area contributed by atoms with Crippen LogP contribution in [0.25, 0.3) is 0 Å². The van der Waals surface area contributed by atoms with Crippen molar-refractivity contribution in [1.29, 1.82) is 0 Å². The van der Waals surface area contributed by atoms with E-state index >= 15 is 0 Å². The van der Waals surface area contributed by atoms with E-state index in [1.54, 1.807) is 0 Å². The minimum absolute atomic E-state index is 0.938. The van der Waals surface area contributed by atoms with E-state index in [0.29, 0.717) is 0 Å². The van der Waals surface area contributed by atoms with Crippen molar-refractivity contribution in [3.8, 4) is 0 Å². The topological polar surface area (TPSA) is 27.3 Å². The third kappa shape index (κ3) is 4.64. The first-order valence-electron chi connectivity index (χ1n) is 5.91. The average molecular weight is 221 g/mol. The van der Waals surface area contributed by atoms with Crippen molar-refractivity contribution in [2.75, 3.05) is 38.6 Å². The molecule has 2 N–H and O–H groups in total. The second kappa shape index (κ2) is 7.25. The van der Waals surface area contributed by atoms with Gasteiger partial charge >= 0.3 is 0 Å². The summed E-state index contributed by atoms with van der Waals surface area (Å²) in [7, 11) is 4.13. The minimum Gasteiger partial charge on any atom is -0.378 e. The van der Waals surface area contributed by atoms with Crippen LogP contribution in [0.4, 0.5) is 5.69 Å². The standard InChI is InChI=1S/C13H23N3/c1-4-14-8-9-15-11-12-6-5-7-13(10-12)16(2)3/h5-7,10,14-15H,4,8-9,11H2,1-3H3. The Labute approximate surface area is 98.8 Å². The molecule has 3 heteroatoms. The highest BCUT2D eigenvalue weighted by atomic mass is 15.1. The molecule has 90 valence electrons. The quantitative estimate of drug-likeness (QED) is 0.683. The van der Waals surface area contributed by atoms with Gasteiger partial charge in [-0.15, -0.1) is 0 Å². The molecule has 0 radical (unpaired) electrons. The van der Waals surface area contributed by atoms with Gasteiger partial charge in [0, 0.05) is 39.4 Å². The van der Waals surface area contributed by atoms with Crippen LogP contribution in [0.1, 0.15) is 12.5 Å².